The minimum atomic E-state index is -4.86. The van der Waals surface area contributed by atoms with Gasteiger partial charge >= 0.3 is 12.1 Å². The first-order valence-electron chi connectivity index (χ1n) is 7.90. The molecule has 0 aliphatic carbocycles. The van der Waals surface area contributed by atoms with Crippen LogP contribution in [0.25, 0.3) is 11.4 Å². The highest BCUT2D eigenvalue weighted by Gasteiger charge is 2.34. The van der Waals surface area contributed by atoms with E-state index in [4.69, 9.17) is 4.74 Å². The normalized spacial score (nSPS) is 11.3. The molecule has 0 saturated heterocycles. The second-order valence-electron chi connectivity index (χ2n) is 5.68. The van der Waals surface area contributed by atoms with Gasteiger partial charge in [0.25, 0.3) is 0 Å². The summed E-state index contributed by atoms with van der Waals surface area (Å²) < 4.78 is 57.2. The number of nitrogens with zero attached hydrogens (tertiary/aromatic N) is 2. The number of benzene rings is 2. The molecule has 0 spiro atoms. The molecule has 1 N–H and O–H groups in total. The van der Waals surface area contributed by atoms with E-state index in [0.29, 0.717) is 17.7 Å². The summed E-state index contributed by atoms with van der Waals surface area (Å²) in [6.07, 6.45) is -3.81. The summed E-state index contributed by atoms with van der Waals surface area (Å²) in [7, 11) is 0. The second-order valence-corrected chi connectivity index (χ2v) is 5.68. The van der Waals surface area contributed by atoms with E-state index in [0.717, 1.165) is 12.3 Å². The van der Waals surface area contributed by atoms with Gasteiger partial charge in [-0.05, 0) is 17.7 Å². The Morgan fingerprint density at radius 3 is 2.46 bits per heavy atom. The van der Waals surface area contributed by atoms with Crippen molar-refractivity contribution < 1.29 is 32.2 Å². The molecule has 0 atom stereocenters. The van der Waals surface area contributed by atoms with E-state index in [1.54, 1.807) is 30.3 Å². The standard InChI is InChI=1S/C19H12F4N2O3/c20-15-7-6-11(8-14(15)19(21,22)23)10-28-17-13(18(26)27)9-24-16(25-17)12-4-2-1-3-5-12/h1-9H,10H2,(H,26,27). The SMILES string of the molecule is O=C(O)c1cnc(-c2ccccc2)nc1OCc1ccc(F)c(C(F)(F)F)c1. The molecule has 1 heterocycles. The van der Waals surface area contributed by atoms with Crippen molar-refractivity contribution in [2.24, 2.45) is 0 Å². The number of aromatic nitrogens is 2. The predicted octanol–water partition coefficient (Wildman–Crippen LogP) is 4.58. The topological polar surface area (TPSA) is 72.3 Å². The highest BCUT2D eigenvalue weighted by molar-refractivity contribution is 5.90. The number of carboxylic acid groups (broad SMARTS) is 1. The fourth-order valence-electron chi connectivity index (χ4n) is 2.38. The fourth-order valence-corrected chi connectivity index (χ4v) is 2.38. The Morgan fingerprint density at radius 1 is 1.11 bits per heavy atom. The van der Waals surface area contributed by atoms with Crippen molar-refractivity contribution in [2.75, 3.05) is 0 Å². The quantitative estimate of drug-likeness (QED) is 0.644. The van der Waals surface area contributed by atoms with Crippen LogP contribution >= 0.6 is 0 Å². The fraction of sp³-hybridized carbons (Fsp3) is 0.105. The van der Waals surface area contributed by atoms with Crippen molar-refractivity contribution in [1.82, 2.24) is 9.97 Å². The monoisotopic (exact) mass is 392 g/mol. The van der Waals surface area contributed by atoms with Gasteiger partial charge in [-0.25, -0.2) is 14.2 Å². The van der Waals surface area contributed by atoms with E-state index < -0.39 is 30.1 Å². The number of ether oxygens (including phenoxy) is 1. The number of hydrogen-bond donors (Lipinski definition) is 1. The lowest BCUT2D eigenvalue weighted by atomic mass is 10.1. The molecule has 0 saturated carbocycles. The third-order valence-electron chi connectivity index (χ3n) is 3.73. The first kappa shape index (κ1) is 19.3. The van der Waals surface area contributed by atoms with Crippen LogP contribution in [0.2, 0.25) is 0 Å². The van der Waals surface area contributed by atoms with Gasteiger partial charge in [-0.3, -0.25) is 0 Å². The van der Waals surface area contributed by atoms with Crippen molar-refractivity contribution in [3.05, 3.63) is 77.2 Å². The third-order valence-corrected chi connectivity index (χ3v) is 3.73. The smallest absolute Gasteiger partial charge is 0.419 e. The molecule has 5 nitrogen and oxygen atoms in total. The van der Waals surface area contributed by atoms with Crippen molar-refractivity contribution in [3.8, 4) is 17.3 Å². The van der Waals surface area contributed by atoms with Gasteiger partial charge in [-0.2, -0.15) is 18.2 Å². The van der Waals surface area contributed by atoms with Crippen LogP contribution in [0.15, 0.2) is 54.7 Å². The first-order chi connectivity index (χ1) is 13.3. The minimum Gasteiger partial charge on any atom is -0.477 e. The van der Waals surface area contributed by atoms with Crippen LogP contribution in [0.5, 0.6) is 5.88 Å². The third kappa shape index (κ3) is 4.25. The van der Waals surface area contributed by atoms with E-state index in [1.165, 1.54) is 0 Å². The lowest BCUT2D eigenvalue weighted by molar-refractivity contribution is -0.140. The molecule has 0 unspecified atom stereocenters. The van der Waals surface area contributed by atoms with E-state index in [2.05, 4.69) is 9.97 Å². The number of halogens is 4. The Balaban J connectivity index is 1.90. The summed E-state index contributed by atoms with van der Waals surface area (Å²) in [6, 6.07) is 11.1. The lowest BCUT2D eigenvalue weighted by Crippen LogP contribution is -2.10. The zero-order chi connectivity index (χ0) is 20.3. The average molecular weight is 392 g/mol. The number of aromatic carboxylic acids is 1. The zero-order valence-corrected chi connectivity index (χ0v) is 14.1. The van der Waals surface area contributed by atoms with E-state index in [1.807, 2.05) is 0 Å². The van der Waals surface area contributed by atoms with Crippen molar-refractivity contribution in [3.63, 3.8) is 0 Å². The summed E-state index contributed by atoms with van der Waals surface area (Å²) in [5, 5.41) is 9.25. The number of alkyl halides is 3. The molecule has 0 aliphatic heterocycles. The van der Waals surface area contributed by atoms with Crippen LogP contribution in [-0.2, 0) is 12.8 Å². The Morgan fingerprint density at radius 2 is 1.82 bits per heavy atom. The van der Waals surface area contributed by atoms with Gasteiger partial charge in [0, 0.05) is 11.8 Å². The number of carbonyl (C=O) groups is 1. The van der Waals surface area contributed by atoms with Crippen LogP contribution < -0.4 is 4.74 Å². The molecule has 144 valence electrons. The maximum absolute atomic E-state index is 13.4. The van der Waals surface area contributed by atoms with Gasteiger partial charge in [0.05, 0.1) is 5.56 Å². The van der Waals surface area contributed by atoms with Crippen molar-refractivity contribution in [1.29, 1.82) is 0 Å². The highest BCUT2D eigenvalue weighted by atomic mass is 19.4. The number of hydrogen-bond acceptors (Lipinski definition) is 4. The van der Waals surface area contributed by atoms with E-state index in [9.17, 15) is 27.5 Å². The molecule has 2 aromatic carbocycles. The van der Waals surface area contributed by atoms with Gasteiger partial charge in [0.15, 0.2) is 5.82 Å². The lowest BCUT2D eigenvalue weighted by Gasteiger charge is -2.12. The average Bonchev–Trinajstić information content (AvgIpc) is 2.66. The first-order valence-corrected chi connectivity index (χ1v) is 7.90. The summed E-state index contributed by atoms with van der Waals surface area (Å²) in [5.74, 6) is -2.88. The molecule has 1 aromatic heterocycles. The largest absolute Gasteiger partial charge is 0.477 e. The molecule has 0 bridgehead atoms. The predicted molar refractivity (Wildman–Crippen MR) is 90.2 cm³/mol. The van der Waals surface area contributed by atoms with E-state index in [-0.39, 0.29) is 22.8 Å². The zero-order valence-electron chi connectivity index (χ0n) is 14.1. The van der Waals surface area contributed by atoms with Gasteiger partial charge in [0.1, 0.15) is 18.0 Å². The number of rotatable bonds is 5. The molecule has 0 aliphatic rings. The Bertz CT molecular complexity index is 1010. The van der Waals surface area contributed by atoms with Crippen LogP contribution in [0.3, 0.4) is 0 Å². The summed E-state index contributed by atoms with van der Waals surface area (Å²) in [5.41, 5.74) is -1.17. The molecular formula is C19H12F4N2O3. The van der Waals surface area contributed by atoms with Crippen LogP contribution in [-0.4, -0.2) is 21.0 Å². The molecule has 28 heavy (non-hydrogen) atoms. The van der Waals surface area contributed by atoms with Gasteiger partial charge < -0.3 is 9.84 Å². The van der Waals surface area contributed by atoms with Crippen molar-refractivity contribution >= 4 is 5.97 Å². The Kier molecular flexibility index (Phi) is 5.25. The Hall–Kier alpha value is -3.49. The summed E-state index contributed by atoms with van der Waals surface area (Å²) >= 11 is 0. The summed E-state index contributed by atoms with van der Waals surface area (Å²) in [4.78, 5) is 19.4. The maximum Gasteiger partial charge on any atom is 0.419 e. The molecular weight excluding hydrogens is 380 g/mol. The minimum absolute atomic E-state index is 0.00457. The highest BCUT2D eigenvalue weighted by Crippen LogP contribution is 2.32. The van der Waals surface area contributed by atoms with Gasteiger partial charge in [0.2, 0.25) is 5.88 Å². The Labute approximate surface area is 156 Å². The van der Waals surface area contributed by atoms with Crippen LogP contribution in [0, 0.1) is 5.82 Å². The second kappa shape index (κ2) is 7.63. The van der Waals surface area contributed by atoms with E-state index >= 15 is 0 Å². The molecule has 3 rings (SSSR count). The van der Waals surface area contributed by atoms with Crippen molar-refractivity contribution in [2.45, 2.75) is 12.8 Å². The van der Waals surface area contributed by atoms with Gasteiger partial charge in [-0.1, -0.05) is 36.4 Å². The van der Waals surface area contributed by atoms with Crippen LogP contribution in [0.1, 0.15) is 21.5 Å². The molecule has 0 radical (unpaired) electrons. The van der Waals surface area contributed by atoms with Crippen LogP contribution in [0.4, 0.5) is 17.6 Å². The summed E-state index contributed by atoms with van der Waals surface area (Å²) in [6.45, 7) is -0.436. The molecule has 3 aromatic rings. The maximum atomic E-state index is 13.4. The molecule has 9 heteroatoms. The number of carboxylic acids is 1. The molecule has 0 amide bonds. The van der Waals surface area contributed by atoms with Gasteiger partial charge in [-0.15, -0.1) is 0 Å². The molecule has 0 fully saturated rings.